The minimum atomic E-state index is -0.335. The van der Waals surface area contributed by atoms with Gasteiger partial charge in [-0.1, -0.05) is 12.1 Å². The van der Waals surface area contributed by atoms with E-state index in [-0.39, 0.29) is 17.2 Å². The number of para-hydroxylation sites is 1. The molecule has 1 aliphatic heterocycles. The highest BCUT2D eigenvalue weighted by Gasteiger charge is 2.17. The van der Waals surface area contributed by atoms with Crippen LogP contribution >= 0.6 is 0 Å². The highest BCUT2D eigenvalue weighted by Crippen LogP contribution is 2.21. The van der Waals surface area contributed by atoms with E-state index in [1.165, 1.54) is 6.07 Å². The molecule has 1 aliphatic rings. The summed E-state index contributed by atoms with van der Waals surface area (Å²) in [6.45, 7) is 1.98. The van der Waals surface area contributed by atoms with Crippen LogP contribution in [-0.4, -0.2) is 33.9 Å². The standard InChI is InChI=1S/C15H18N4O2/c20-14-4-2-1-3-13(14)15(21)18-11-9-17-19(10-11)12-5-7-16-8-6-12/h1-4,9-10,12,16,20H,5-8H2,(H,18,21). The average Bonchev–Trinajstić information content (AvgIpc) is 2.97. The van der Waals surface area contributed by atoms with E-state index in [0.29, 0.717) is 11.7 Å². The number of phenolic OH excluding ortho intramolecular Hbond substituents is 1. The Morgan fingerprint density at radius 3 is 2.86 bits per heavy atom. The van der Waals surface area contributed by atoms with Crippen molar-refractivity contribution in [3.63, 3.8) is 0 Å². The first-order valence-electron chi connectivity index (χ1n) is 7.08. The Kier molecular flexibility index (Phi) is 3.87. The molecule has 2 aromatic rings. The van der Waals surface area contributed by atoms with E-state index in [2.05, 4.69) is 15.7 Å². The minimum absolute atomic E-state index is 0.0271. The molecule has 1 aromatic heterocycles. The molecule has 0 saturated carbocycles. The summed E-state index contributed by atoms with van der Waals surface area (Å²) >= 11 is 0. The summed E-state index contributed by atoms with van der Waals surface area (Å²) in [5, 5.41) is 20.1. The Morgan fingerprint density at radius 2 is 2.10 bits per heavy atom. The van der Waals surface area contributed by atoms with Crippen molar-refractivity contribution in [2.75, 3.05) is 18.4 Å². The maximum atomic E-state index is 12.1. The Labute approximate surface area is 122 Å². The van der Waals surface area contributed by atoms with Crippen molar-refractivity contribution in [2.24, 2.45) is 0 Å². The molecule has 0 unspecified atom stereocenters. The molecular formula is C15H18N4O2. The number of aromatic nitrogens is 2. The average molecular weight is 286 g/mol. The SMILES string of the molecule is O=C(Nc1cnn(C2CCNCC2)c1)c1ccccc1O. The fourth-order valence-corrected chi connectivity index (χ4v) is 2.54. The number of anilines is 1. The third kappa shape index (κ3) is 3.05. The van der Waals surface area contributed by atoms with E-state index in [4.69, 9.17) is 0 Å². The topological polar surface area (TPSA) is 79.2 Å². The van der Waals surface area contributed by atoms with E-state index in [0.717, 1.165) is 25.9 Å². The van der Waals surface area contributed by atoms with Crippen LogP contribution in [-0.2, 0) is 0 Å². The van der Waals surface area contributed by atoms with E-state index in [9.17, 15) is 9.90 Å². The van der Waals surface area contributed by atoms with Gasteiger partial charge in [0, 0.05) is 6.20 Å². The number of rotatable bonds is 3. The zero-order valence-corrected chi connectivity index (χ0v) is 11.6. The second-order valence-corrected chi connectivity index (χ2v) is 5.16. The molecule has 0 bridgehead atoms. The van der Waals surface area contributed by atoms with Gasteiger partial charge in [-0.05, 0) is 38.1 Å². The maximum Gasteiger partial charge on any atom is 0.259 e. The highest BCUT2D eigenvalue weighted by atomic mass is 16.3. The van der Waals surface area contributed by atoms with Gasteiger partial charge in [-0.25, -0.2) is 0 Å². The lowest BCUT2D eigenvalue weighted by atomic mass is 10.1. The minimum Gasteiger partial charge on any atom is -0.507 e. The van der Waals surface area contributed by atoms with Gasteiger partial charge in [0.1, 0.15) is 5.75 Å². The van der Waals surface area contributed by atoms with Crippen LogP contribution in [0.15, 0.2) is 36.7 Å². The zero-order chi connectivity index (χ0) is 14.7. The Bertz CT molecular complexity index is 632. The van der Waals surface area contributed by atoms with Gasteiger partial charge in [0.25, 0.3) is 5.91 Å². The van der Waals surface area contributed by atoms with Crippen molar-refractivity contribution in [1.82, 2.24) is 15.1 Å². The number of nitrogens with zero attached hydrogens (tertiary/aromatic N) is 2. The van der Waals surface area contributed by atoms with Gasteiger partial charge in [0.2, 0.25) is 0 Å². The Morgan fingerprint density at radius 1 is 1.33 bits per heavy atom. The van der Waals surface area contributed by atoms with Gasteiger partial charge in [0.15, 0.2) is 0 Å². The molecular weight excluding hydrogens is 268 g/mol. The molecule has 3 rings (SSSR count). The second kappa shape index (κ2) is 5.97. The van der Waals surface area contributed by atoms with Crippen LogP contribution in [0.5, 0.6) is 5.75 Å². The van der Waals surface area contributed by atoms with Crippen LogP contribution in [0.25, 0.3) is 0 Å². The molecule has 0 atom stereocenters. The van der Waals surface area contributed by atoms with Crippen molar-refractivity contribution in [3.05, 3.63) is 42.2 Å². The first-order chi connectivity index (χ1) is 10.2. The van der Waals surface area contributed by atoms with Gasteiger partial charge in [-0.2, -0.15) is 5.10 Å². The summed E-state index contributed by atoms with van der Waals surface area (Å²) in [6, 6.07) is 6.85. The molecule has 1 aromatic carbocycles. The third-order valence-electron chi connectivity index (χ3n) is 3.69. The quantitative estimate of drug-likeness (QED) is 0.803. The van der Waals surface area contributed by atoms with Crippen molar-refractivity contribution >= 4 is 11.6 Å². The molecule has 110 valence electrons. The maximum absolute atomic E-state index is 12.1. The number of piperidine rings is 1. The molecule has 6 heteroatoms. The van der Waals surface area contributed by atoms with E-state index >= 15 is 0 Å². The van der Waals surface area contributed by atoms with Crippen molar-refractivity contribution in [2.45, 2.75) is 18.9 Å². The highest BCUT2D eigenvalue weighted by molar-refractivity contribution is 6.05. The number of nitrogens with one attached hydrogen (secondary N) is 2. The predicted molar refractivity (Wildman–Crippen MR) is 79.4 cm³/mol. The summed E-state index contributed by atoms with van der Waals surface area (Å²) in [7, 11) is 0. The summed E-state index contributed by atoms with van der Waals surface area (Å²) in [6.07, 6.45) is 5.55. The van der Waals surface area contributed by atoms with Crippen LogP contribution in [0.3, 0.4) is 0 Å². The number of hydrogen-bond acceptors (Lipinski definition) is 4. The van der Waals surface area contributed by atoms with Crippen molar-refractivity contribution in [1.29, 1.82) is 0 Å². The molecule has 0 aliphatic carbocycles. The number of aromatic hydroxyl groups is 1. The number of hydrogen-bond donors (Lipinski definition) is 3. The molecule has 0 radical (unpaired) electrons. The summed E-state index contributed by atoms with van der Waals surface area (Å²) in [5.74, 6) is -0.362. The fraction of sp³-hybridized carbons (Fsp3) is 0.333. The van der Waals surface area contributed by atoms with Crippen LogP contribution in [0, 0.1) is 0 Å². The Balaban J connectivity index is 1.69. The lowest BCUT2D eigenvalue weighted by Crippen LogP contribution is -2.29. The summed E-state index contributed by atoms with van der Waals surface area (Å²) < 4.78 is 1.90. The number of carbonyl (C=O) groups is 1. The molecule has 2 heterocycles. The number of carbonyl (C=O) groups excluding carboxylic acids is 1. The molecule has 3 N–H and O–H groups in total. The fourth-order valence-electron chi connectivity index (χ4n) is 2.54. The normalized spacial score (nSPS) is 15.8. The van der Waals surface area contributed by atoms with Gasteiger partial charge in [-0.3, -0.25) is 9.48 Å². The van der Waals surface area contributed by atoms with E-state index < -0.39 is 0 Å². The molecule has 1 amide bonds. The smallest absolute Gasteiger partial charge is 0.259 e. The Hall–Kier alpha value is -2.34. The lowest BCUT2D eigenvalue weighted by molar-refractivity contribution is 0.102. The molecule has 0 spiro atoms. The second-order valence-electron chi connectivity index (χ2n) is 5.16. The number of phenols is 1. The van der Waals surface area contributed by atoms with Crippen molar-refractivity contribution < 1.29 is 9.90 Å². The number of benzene rings is 1. The van der Waals surface area contributed by atoms with Gasteiger partial charge < -0.3 is 15.7 Å². The first-order valence-corrected chi connectivity index (χ1v) is 7.08. The van der Waals surface area contributed by atoms with Gasteiger partial charge in [0.05, 0.1) is 23.5 Å². The predicted octanol–water partition coefficient (Wildman–Crippen LogP) is 1.77. The van der Waals surface area contributed by atoms with Crippen LogP contribution < -0.4 is 10.6 Å². The van der Waals surface area contributed by atoms with E-state index in [1.807, 2.05) is 10.9 Å². The van der Waals surface area contributed by atoms with Crippen molar-refractivity contribution in [3.8, 4) is 5.75 Å². The van der Waals surface area contributed by atoms with Gasteiger partial charge in [-0.15, -0.1) is 0 Å². The molecule has 21 heavy (non-hydrogen) atoms. The monoisotopic (exact) mass is 286 g/mol. The molecule has 1 fully saturated rings. The summed E-state index contributed by atoms with van der Waals surface area (Å²) in [5.41, 5.74) is 0.897. The van der Waals surface area contributed by atoms with Gasteiger partial charge >= 0.3 is 0 Å². The largest absolute Gasteiger partial charge is 0.507 e. The lowest BCUT2D eigenvalue weighted by Gasteiger charge is -2.22. The first kappa shape index (κ1) is 13.6. The van der Waals surface area contributed by atoms with Crippen LogP contribution in [0.1, 0.15) is 29.2 Å². The third-order valence-corrected chi connectivity index (χ3v) is 3.69. The number of amides is 1. The zero-order valence-electron chi connectivity index (χ0n) is 11.6. The molecule has 6 nitrogen and oxygen atoms in total. The summed E-state index contributed by atoms with van der Waals surface area (Å²) in [4.78, 5) is 12.1. The molecule has 1 saturated heterocycles. The van der Waals surface area contributed by atoms with E-state index in [1.54, 1.807) is 24.4 Å². The van der Waals surface area contributed by atoms with Crippen LogP contribution in [0.4, 0.5) is 5.69 Å². The van der Waals surface area contributed by atoms with Crippen LogP contribution in [0.2, 0.25) is 0 Å².